The largest absolute Gasteiger partial charge is 0.462 e. The van der Waals surface area contributed by atoms with Crippen molar-refractivity contribution >= 4 is 28.5 Å². The number of H-pyrrole nitrogens is 1. The van der Waals surface area contributed by atoms with E-state index in [1.165, 1.54) is 24.4 Å². The highest BCUT2D eigenvalue weighted by molar-refractivity contribution is 6.31. The summed E-state index contributed by atoms with van der Waals surface area (Å²) in [4.78, 5) is 38.2. The molecule has 0 atom stereocenters. The van der Waals surface area contributed by atoms with Gasteiger partial charge in [-0.15, -0.1) is 0 Å². The van der Waals surface area contributed by atoms with Crippen LogP contribution < -0.4 is 10.9 Å². The standard InChI is InChI=1S/C13H10ClNO4/c1-2-19-13(18)9-6-15-11-8(12(9)17)5-7(14)3-4-10(11)16/h3-6H,2H2,1H3,(H,15,17). The number of pyridine rings is 1. The highest BCUT2D eigenvalue weighted by Gasteiger charge is 2.14. The van der Waals surface area contributed by atoms with Crippen LogP contribution in [0.1, 0.15) is 17.3 Å². The molecule has 0 fully saturated rings. The zero-order valence-electron chi connectivity index (χ0n) is 10.0. The van der Waals surface area contributed by atoms with E-state index in [0.717, 1.165) is 0 Å². The lowest BCUT2D eigenvalue weighted by atomic mass is 10.2. The van der Waals surface area contributed by atoms with Gasteiger partial charge in [0.25, 0.3) is 0 Å². The van der Waals surface area contributed by atoms with E-state index in [9.17, 15) is 14.4 Å². The zero-order valence-corrected chi connectivity index (χ0v) is 10.8. The number of hydrogen-bond acceptors (Lipinski definition) is 4. The molecule has 19 heavy (non-hydrogen) atoms. The lowest BCUT2D eigenvalue weighted by Gasteiger charge is -2.01. The number of aromatic nitrogens is 1. The number of halogens is 1. The van der Waals surface area contributed by atoms with E-state index < -0.39 is 11.4 Å². The Morgan fingerprint density at radius 2 is 2.11 bits per heavy atom. The number of carbonyl (C=O) groups is 1. The Kier molecular flexibility index (Phi) is 3.66. The van der Waals surface area contributed by atoms with E-state index in [1.807, 2.05) is 0 Å². The van der Waals surface area contributed by atoms with Gasteiger partial charge in [-0.2, -0.15) is 0 Å². The molecule has 1 heterocycles. The second-order valence-corrected chi connectivity index (χ2v) is 4.20. The van der Waals surface area contributed by atoms with Gasteiger partial charge in [0.2, 0.25) is 10.9 Å². The normalized spacial score (nSPS) is 10.4. The summed E-state index contributed by atoms with van der Waals surface area (Å²) in [5, 5.41) is 0.296. The highest BCUT2D eigenvalue weighted by atomic mass is 35.5. The van der Waals surface area contributed by atoms with E-state index in [2.05, 4.69) is 4.98 Å². The fraction of sp³-hybridized carbons (Fsp3) is 0.154. The summed E-state index contributed by atoms with van der Waals surface area (Å²) in [5.74, 6) is -0.735. The number of rotatable bonds is 2. The first kappa shape index (κ1) is 13.3. The smallest absolute Gasteiger partial charge is 0.343 e. The molecule has 0 aliphatic rings. The molecular formula is C13H10ClNO4. The monoisotopic (exact) mass is 279 g/mol. The van der Waals surface area contributed by atoms with Crippen molar-refractivity contribution in [2.24, 2.45) is 0 Å². The van der Waals surface area contributed by atoms with Crippen molar-refractivity contribution in [3.8, 4) is 0 Å². The Balaban J connectivity index is 2.83. The fourth-order valence-electron chi connectivity index (χ4n) is 1.67. The number of nitrogens with one attached hydrogen (secondary N) is 1. The molecule has 0 amide bonds. The van der Waals surface area contributed by atoms with Crippen LogP contribution in [0.2, 0.25) is 5.02 Å². The van der Waals surface area contributed by atoms with E-state index in [4.69, 9.17) is 16.3 Å². The van der Waals surface area contributed by atoms with Crippen molar-refractivity contribution in [2.75, 3.05) is 6.61 Å². The minimum absolute atomic E-state index is 0.0607. The third kappa shape index (κ3) is 2.51. The van der Waals surface area contributed by atoms with Gasteiger partial charge in [0.05, 0.1) is 17.5 Å². The molecule has 0 bridgehead atoms. The van der Waals surface area contributed by atoms with Gasteiger partial charge >= 0.3 is 5.97 Å². The van der Waals surface area contributed by atoms with E-state index >= 15 is 0 Å². The van der Waals surface area contributed by atoms with E-state index in [-0.39, 0.29) is 33.5 Å². The molecule has 1 aromatic heterocycles. The third-order valence-electron chi connectivity index (χ3n) is 2.54. The first-order valence-corrected chi connectivity index (χ1v) is 5.94. The number of esters is 1. The number of aromatic amines is 1. The molecule has 2 aromatic rings. The Bertz CT molecular complexity index is 767. The minimum atomic E-state index is -0.735. The first-order valence-electron chi connectivity index (χ1n) is 5.57. The summed E-state index contributed by atoms with van der Waals surface area (Å²) in [6, 6.07) is 3.99. The molecule has 0 aliphatic carbocycles. The lowest BCUT2D eigenvalue weighted by molar-refractivity contribution is 0.0524. The summed E-state index contributed by atoms with van der Waals surface area (Å²) in [7, 11) is 0. The van der Waals surface area contributed by atoms with Crippen molar-refractivity contribution in [3.63, 3.8) is 0 Å². The van der Waals surface area contributed by atoms with Crippen molar-refractivity contribution in [1.82, 2.24) is 4.98 Å². The highest BCUT2D eigenvalue weighted by Crippen LogP contribution is 2.10. The van der Waals surface area contributed by atoms with Crippen molar-refractivity contribution < 1.29 is 9.53 Å². The van der Waals surface area contributed by atoms with Crippen LogP contribution in [0.5, 0.6) is 0 Å². The molecule has 98 valence electrons. The van der Waals surface area contributed by atoms with Crippen LogP contribution >= 0.6 is 11.6 Å². The van der Waals surface area contributed by atoms with Crippen LogP contribution in [0, 0.1) is 0 Å². The molecule has 0 unspecified atom stereocenters. The van der Waals surface area contributed by atoms with Gasteiger partial charge in [0.1, 0.15) is 5.56 Å². The topological polar surface area (TPSA) is 76.2 Å². The maximum absolute atomic E-state index is 12.2. The quantitative estimate of drug-likeness (QED) is 0.849. The van der Waals surface area contributed by atoms with Crippen LogP contribution in [-0.2, 0) is 4.74 Å². The molecule has 0 saturated heterocycles. The molecule has 2 rings (SSSR count). The third-order valence-corrected chi connectivity index (χ3v) is 2.77. The Labute approximate surface area is 112 Å². The van der Waals surface area contributed by atoms with Crippen LogP contribution in [0.15, 0.2) is 34.0 Å². The second-order valence-electron chi connectivity index (χ2n) is 3.77. The Hall–Kier alpha value is -2.14. The first-order chi connectivity index (χ1) is 9.04. The van der Waals surface area contributed by atoms with E-state index in [1.54, 1.807) is 6.92 Å². The average molecular weight is 280 g/mol. The predicted molar refractivity (Wildman–Crippen MR) is 71.8 cm³/mol. The number of hydrogen-bond donors (Lipinski definition) is 1. The maximum Gasteiger partial charge on any atom is 0.343 e. The van der Waals surface area contributed by atoms with Crippen LogP contribution in [0.25, 0.3) is 10.9 Å². The molecular weight excluding hydrogens is 270 g/mol. The summed E-state index contributed by atoms with van der Waals surface area (Å²) in [5.41, 5.74) is -1.02. The maximum atomic E-state index is 12.2. The summed E-state index contributed by atoms with van der Waals surface area (Å²) >= 11 is 5.83. The van der Waals surface area contributed by atoms with Gasteiger partial charge in [-0.3, -0.25) is 9.59 Å². The Morgan fingerprint density at radius 3 is 2.79 bits per heavy atom. The van der Waals surface area contributed by atoms with Gasteiger partial charge in [-0.05, 0) is 25.1 Å². The van der Waals surface area contributed by atoms with Gasteiger partial charge in [-0.1, -0.05) is 11.6 Å². The zero-order chi connectivity index (χ0) is 14.0. The Morgan fingerprint density at radius 1 is 1.37 bits per heavy atom. The molecule has 5 nitrogen and oxygen atoms in total. The van der Waals surface area contributed by atoms with Crippen LogP contribution in [0.4, 0.5) is 0 Å². The molecule has 1 aromatic carbocycles. The molecule has 0 spiro atoms. The van der Waals surface area contributed by atoms with Crippen molar-refractivity contribution in [1.29, 1.82) is 0 Å². The molecule has 0 aliphatic heterocycles. The second kappa shape index (κ2) is 5.24. The average Bonchev–Trinajstić information content (AvgIpc) is 2.51. The molecule has 0 radical (unpaired) electrons. The molecule has 0 saturated carbocycles. The summed E-state index contributed by atoms with van der Waals surface area (Å²) in [6.07, 6.45) is 1.18. The summed E-state index contributed by atoms with van der Waals surface area (Å²) < 4.78 is 4.77. The van der Waals surface area contributed by atoms with Gasteiger partial charge in [0, 0.05) is 11.2 Å². The fourth-order valence-corrected chi connectivity index (χ4v) is 1.85. The number of fused-ring (bicyclic) bond motifs is 1. The van der Waals surface area contributed by atoms with Gasteiger partial charge in [0.15, 0.2) is 0 Å². The van der Waals surface area contributed by atoms with Gasteiger partial charge < -0.3 is 9.72 Å². The summed E-state index contributed by atoms with van der Waals surface area (Å²) in [6.45, 7) is 1.80. The van der Waals surface area contributed by atoms with Crippen LogP contribution in [-0.4, -0.2) is 17.6 Å². The van der Waals surface area contributed by atoms with Crippen molar-refractivity contribution in [2.45, 2.75) is 6.92 Å². The SMILES string of the molecule is CCOC(=O)c1c[nH]c2c(=O)ccc(Cl)cc2c1=O. The van der Waals surface area contributed by atoms with Crippen LogP contribution in [0.3, 0.4) is 0 Å². The number of carbonyl (C=O) groups excluding carboxylic acids is 1. The predicted octanol–water partition coefficient (Wildman–Crippen LogP) is 1.72. The lowest BCUT2D eigenvalue weighted by Crippen LogP contribution is -2.19. The van der Waals surface area contributed by atoms with Crippen molar-refractivity contribution in [3.05, 3.63) is 55.4 Å². The molecule has 6 heteroatoms. The number of ether oxygens (including phenoxy) is 1. The van der Waals surface area contributed by atoms with Gasteiger partial charge in [-0.25, -0.2) is 4.79 Å². The molecule has 1 N–H and O–H groups in total. The van der Waals surface area contributed by atoms with E-state index in [0.29, 0.717) is 0 Å². The minimum Gasteiger partial charge on any atom is -0.462 e.